The maximum Gasteiger partial charge on any atom is 0.127 e. The number of hydrogen-bond acceptors (Lipinski definition) is 3. The molecule has 1 N–H and O–H groups in total. The molecule has 110 valence electrons. The smallest absolute Gasteiger partial charge is 0.127 e. The van der Waals surface area contributed by atoms with E-state index in [1.54, 1.807) is 0 Å². The van der Waals surface area contributed by atoms with Gasteiger partial charge in [-0.25, -0.2) is 4.98 Å². The highest BCUT2D eigenvalue weighted by molar-refractivity contribution is 5.10. The fraction of sp³-hybridized carbons (Fsp3) is 0.800. The van der Waals surface area contributed by atoms with Gasteiger partial charge in [-0.1, -0.05) is 20.8 Å². The molecule has 1 aromatic heterocycles. The highest BCUT2D eigenvalue weighted by atomic mass is 15.2. The molecule has 1 rings (SSSR count). The number of nitrogens with zero attached hydrogens (tertiary/aromatic N) is 3. The monoisotopic (exact) mass is 266 g/mol. The van der Waals surface area contributed by atoms with E-state index in [2.05, 4.69) is 61.7 Å². The molecular weight excluding hydrogens is 236 g/mol. The van der Waals surface area contributed by atoms with E-state index >= 15 is 0 Å². The van der Waals surface area contributed by atoms with Crippen LogP contribution in [0.2, 0.25) is 0 Å². The Bertz CT molecular complexity index is 366. The molecule has 0 bridgehead atoms. The van der Waals surface area contributed by atoms with Gasteiger partial charge in [0.15, 0.2) is 0 Å². The molecule has 4 nitrogen and oxygen atoms in total. The molecule has 0 radical (unpaired) electrons. The lowest BCUT2D eigenvalue weighted by Crippen LogP contribution is -2.54. The van der Waals surface area contributed by atoms with Gasteiger partial charge in [-0.3, -0.25) is 0 Å². The van der Waals surface area contributed by atoms with Crippen LogP contribution in [0.4, 0.5) is 0 Å². The molecule has 1 heterocycles. The first kappa shape index (κ1) is 16.2. The summed E-state index contributed by atoms with van der Waals surface area (Å²) in [6.45, 7) is 7.77. The van der Waals surface area contributed by atoms with Crippen molar-refractivity contribution in [1.29, 1.82) is 0 Å². The van der Waals surface area contributed by atoms with Crippen LogP contribution in [0, 0.1) is 0 Å². The van der Waals surface area contributed by atoms with Gasteiger partial charge in [0.2, 0.25) is 0 Å². The Hall–Kier alpha value is -0.870. The molecule has 0 aromatic carbocycles. The first-order valence-corrected chi connectivity index (χ1v) is 7.41. The third-order valence-corrected chi connectivity index (χ3v) is 4.37. The second-order valence-corrected chi connectivity index (χ2v) is 5.49. The van der Waals surface area contributed by atoms with E-state index < -0.39 is 0 Å². The fourth-order valence-electron chi connectivity index (χ4n) is 3.01. The Morgan fingerprint density at radius 3 is 2.32 bits per heavy atom. The Labute approximate surface area is 118 Å². The zero-order chi connectivity index (χ0) is 14.5. The van der Waals surface area contributed by atoms with E-state index in [-0.39, 0.29) is 11.6 Å². The molecule has 4 heteroatoms. The van der Waals surface area contributed by atoms with Crippen LogP contribution in [0.15, 0.2) is 12.4 Å². The van der Waals surface area contributed by atoms with Crippen LogP contribution in [0.1, 0.15) is 51.9 Å². The van der Waals surface area contributed by atoms with Crippen molar-refractivity contribution in [2.45, 2.75) is 51.6 Å². The van der Waals surface area contributed by atoms with Gasteiger partial charge < -0.3 is 14.8 Å². The molecule has 0 fully saturated rings. The first-order chi connectivity index (χ1) is 9.03. The van der Waals surface area contributed by atoms with Gasteiger partial charge in [0, 0.05) is 25.0 Å². The van der Waals surface area contributed by atoms with Crippen molar-refractivity contribution in [2.24, 2.45) is 7.05 Å². The zero-order valence-corrected chi connectivity index (χ0v) is 13.4. The van der Waals surface area contributed by atoms with Gasteiger partial charge in [-0.15, -0.1) is 0 Å². The Kier molecular flexibility index (Phi) is 6.01. The second kappa shape index (κ2) is 7.06. The summed E-state index contributed by atoms with van der Waals surface area (Å²) in [5.74, 6) is 1.13. The van der Waals surface area contributed by atoms with Crippen molar-refractivity contribution < 1.29 is 0 Å². The van der Waals surface area contributed by atoms with Crippen LogP contribution >= 0.6 is 0 Å². The Balaban J connectivity index is 3.17. The summed E-state index contributed by atoms with van der Waals surface area (Å²) in [5, 5.41) is 3.71. The van der Waals surface area contributed by atoms with Crippen LogP contribution in [-0.2, 0) is 7.05 Å². The summed E-state index contributed by atoms with van der Waals surface area (Å²) >= 11 is 0. The van der Waals surface area contributed by atoms with Crippen molar-refractivity contribution in [3.63, 3.8) is 0 Å². The maximum absolute atomic E-state index is 4.59. The van der Waals surface area contributed by atoms with Crippen molar-refractivity contribution in [2.75, 3.05) is 20.6 Å². The molecule has 0 amide bonds. The van der Waals surface area contributed by atoms with Crippen molar-refractivity contribution in [3.05, 3.63) is 18.2 Å². The molecule has 0 saturated heterocycles. The Morgan fingerprint density at radius 1 is 1.32 bits per heavy atom. The number of aryl methyl sites for hydroxylation is 1. The van der Waals surface area contributed by atoms with Gasteiger partial charge in [-0.2, -0.15) is 0 Å². The predicted octanol–water partition coefficient (Wildman–Crippen LogP) is 2.58. The fourth-order valence-corrected chi connectivity index (χ4v) is 3.01. The standard InChI is InChI=1S/C15H30N4/c1-7-10-16-13(14-17-11-12-19(14)6)15(8-2,9-3)18(4)5/h11-13,16H,7-10H2,1-6H3. The summed E-state index contributed by atoms with van der Waals surface area (Å²) in [5.41, 5.74) is 0.105. The van der Waals surface area contributed by atoms with Crippen molar-refractivity contribution in [3.8, 4) is 0 Å². The van der Waals surface area contributed by atoms with E-state index in [1.807, 2.05) is 12.4 Å². The van der Waals surface area contributed by atoms with E-state index in [0.29, 0.717) is 0 Å². The lowest BCUT2D eigenvalue weighted by Gasteiger charge is -2.45. The number of aromatic nitrogens is 2. The SMILES string of the molecule is CCCNC(c1nccn1C)C(CC)(CC)N(C)C. The number of imidazole rings is 1. The highest BCUT2D eigenvalue weighted by Gasteiger charge is 2.40. The summed E-state index contributed by atoms with van der Waals surface area (Å²) in [6.07, 6.45) is 7.26. The van der Waals surface area contributed by atoms with Crippen molar-refractivity contribution in [1.82, 2.24) is 19.8 Å². The summed E-state index contributed by atoms with van der Waals surface area (Å²) in [6, 6.07) is 0.262. The third kappa shape index (κ3) is 3.18. The number of nitrogens with one attached hydrogen (secondary N) is 1. The largest absolute Gasteiger partial charge is 0.337 e. The highest BCUT2D eigenvalue weighted by Crippen LogP contribution is 2.35. The molecule has 1 unspecified atom stereocenters. The molecule has 0 spiro atoms. The van der Waals surface area contributed by atoms with E-state index in [9.17, 15) is 0 Å². The minimum atomic E-state index is 0.105. The van der Waals surface area contributed by atoms with Gasteiger partial charge in [0.05, 0.1) is 6.04 Å². The van der Waals surface area contributed by atoms with Crippen molar-refractivity contribution >= 4 is 0 Å². The topological polar surface area (TPSA) is 33.1 Å². The van der Waals surface area contributed by atoms with E-state index in [4.69, 9.17) is 0 Å². The summed E-state index contributed by atoms with van der Waals surface area (Å²) < 4.78 is 2.14. The van der Waals surface area contributed by atoms with Crippen LogP contribution < -0.4 is 5.32 Å². The van der Waals surface area contributed by atoms with E-state index in [1.165, 1.54) is 0 Å². The molecule has 19 heavy (non-hydrogen) atoms. The molecule has 0 aliphatic carbocycles. The van der Waals surface area contributed by atoms with Gasteiger partial charge in [0.25, 0.3) is 0 Å². The zero-order valence-electron chi connectivity index (χ0n) is 13.4. The maximum atomic E-state index is 4.59. The van der Waals surface area contributed by atoms with Crippen LogP contribution in [0.25, 0.3) is 0 Å². The molecule has 1 aromatic rings. The summed E-state index contributed by atoms with van der Waals surface area (Å²) in [7, 11) is 6.43. The average molecular weight is 266 g/mol. The molecule has 0 saturated carbocycles. The lowest BCUT2D eigenvalue weighted by molar-refractivity contribution is 0.0829. The number of likely N-dealkylation sites (N-methyl/N-ethyl adjacent to an activating group) is 1. The molecule has 1 atom stereocenters. The van der Waals surface area contributed by atoms with Crippen LogP contribution in [0.5, 0.6) is 0 Å². The number of hydrogen-bond donors (Lipinski definition) is 1. The van der Waals surface area contributed by atoms with Gasteiger partial charge in [0.1, 0.15) is 5.82 Å². The molecule has 0 aliphatic rings. The minimum Gasteiger partial charge on any atom is -0.337 e. The first-order valence-electron chi connectivity index (χ1n) is 7.41. The Morgan fingerprint density at radius 2 is 1.95 bits per heavy atom. The minimum absolute atomic E-state index is 0.105. The predicted molar refractivity (Wildman–Crippen MR) is 81.2 cm³/mol. The summed E-state index contributed by atoms with van der Waals surface area (Å²) in [4.78, 5) is 6.94. The average Bonchev–Trinajstić information content (AvgIpc) is 2.80. The van der Waals surface area contributed by atoms with Crippen LogP contribution in [0.3, 0.4) is 0 Å². The lowest BCUT2D eigenvalue weighted by atomic mass is 9.82. The quantitative estimate of drug-likeness (QED) is 0.785. The van der Waals surface area contributed by atoms with Gasteiger partial charge in [-0.05, 0) is 39.9 Å². The second-order valence-electron chi connectivity index (χ2n) is 5.49. The van der Waals surface area contributed by atoms with E-state index in [0.717, 1.165) is 31.6 Å². The normalized spacial score (nSPS) is 14.1. The van der Waals surface area contributed by atoms with Crippen LogP contribution in [-0.4, -0.2) is 40.6 Å². The number of rotatable bonds is 8. The van der Waals surface area contributed by atoms with Gasteiger partial charge >= 0.3 is 0 Å². The molecular formula is C15H30N4. The molecule has 0 aliphatic heterocycles. The third-order valence-electron chi connectivity index (χ3n) is 4.37.